The molecule has 0 aliphatic heterocycles. The van der Waals surface area contributed by atoms with Crippen molar-refractivity contribution in [2.75, 3.05) is 0 Å². The van der Waals surface area contributed by atoms with E-state index in [1.54, 1.807) is 0 Å². The molecule has 4 heteroatoms. The number of hydrogen-bond donors (Lipinski definition) is 1. The van der Waals surface area contributed by atoms with E-state index in [4.69, 9.17) is 0 Å². The molecule has 0 aliphatic carbocycles. The van der Waals surface area contributed by atoms with Crippen molar-refractivity contribution in [2.24, 2.45) is 0 Å². The Kier molecular flexibility index (Phi) is 4.75. The number of hydrogen-bond acceptors (Lipinski definition) is 1. The third-order valence-corrected chi connectivity index (χ3v) is 6.75. The molecule has 0 aromatic rings. The third-order valence-electron chi connectivity index (χ3n) is 0.750. The van der Waals surface area contributed by atoms with Crippen LogP contribution in [0.4, 0.5) is 0 Å². The molecular formula is C6H21NOSi2. The van der Waals surface area contributed by atoms with Crippen molar-refractivity contribution in [3.05, 3.63) is 0 Å². The molecule has 0 saturated carbocycles. The summed E-state index contributed by atoms with van der Waals surface area (Å²) in [7, 11) is -1.96. The van der Waals surface area contributed by atoms with E-state index in [2.05, 4.69) is 43.9 Å². The van der Waals surface area contributed by atoms with Gasteiger partial charge in [-0.1, -0.05) is 39.3 Å². The minimum absolute atomic E-state index is 0. The molecule has 0 heterocycles. The zero-order chi connectivity index (χ0) is 7.71. The maximum absolute atomic E-state index is 3.74. The van der Waals surface area contributed by atoms with Gasteiger partial charge < -0.3 is 10.1 Å². The highest BCUT2D eigenvalue weighted by Gasteiger charge is 2.22. The Balaban J connectivity index is 0. The summed E-state index contributed by atoms with van der Waals surface area (Å²) in [6.45, 7) is 14.1. The summed E-state index contributed by atoms with van der Waals surface area (Å²) in [5.74, 6) is 0. The molecule has 10 heavy (non-hydrogen) atoms. The lowest BCUT2D eigenvalue weighted by Gasteiger charge is -2.28. The molecule has 0 spiro atoms. The monoisotopic (exact) mass is 179 g/mol. The summed E-state index contributed by atoms with van der Waals surface area (Å²) in [4.78, 5) is 0. The number of nitrogens with one attached hydrogen (secondary N) is 1. The molecule has 2 nitrogen and oxygen atoms in total. The Labute approximate surface area is 66.5 Å². The van der Waals surface area contributed by atoms with Crippen LogP contribution in [0.5, 0.6) is 0 Å². The standard InChI is InChI=1S/C6H19NSi2.H2O/c1-8(2,3)7-9(4,5)6;/h7H,1-6H3;1H2. The van der Waals surface area contributed by atoms with Gasteiger partial charge in [-0.3, -0.25) is 0 Å². The molecule has 0 saturated heterocycles. The Morgan fingerprint density at radius 1 is 0.700 bits per heavy atom. The van der Waals surface area contributed by atoms with Crippen LogP contribution < -0.4 is 4.65 Å². The summed E-state index contributed by atoms with van der Waals surface area (Å²) in [6.07, 6.45) is 0. The molecule has 0 rings (SSSR count). The van der Waals surface area contributed by atoms with Crippen molar-refractivity contribution in [1.82, 2.24) is 4.65 Å². The second-order valence-electron chi connectivity index (χ2n) is 4.62. The van der Waals surface area contributed by atoms with Gasteiger partial charge in [0.1, 0.15) is 16.5 Å². The van der Waals surface area contributed by atoms with Gasteiger partial charge in [-0.05, 0) is 0 Å². The molecule has 0 aromatic heterocycles. The van der Waals surface area contributed by atoms with Gasteiger partial charge >= 0.3 is 0 Å². The van der Waals surface area contributed by atoms with Gasteiger partial charge in [0.05, 0.1) is 0 Å². The first-order valence-corrected chi connectivity index (χ1v) is 10.5. The lowest BCUT2D eigenvalue weighted by molar-refractivity contribution is 0.824. The molecule has 0 aliphatic rings. The molecule has 0 unspecified atom stereocenters. The van der Waals surface area contributed by atoms with Gasteiger partial charge in [0.25, 0.3) is 0 Å². The summed E-state index contributed by atoms with van der Waals surface area (Å²) in [5, 5.41) is 0. The summed E-state index contributed by atoms with van der Waals surface area (Å²) in [6, 6.07) is 0. The fourth-order valence-corrected chi connectivity index (χ4v) is 10.1. The van der Waals surface area contributed by atoms with Gasteiger partial charge in [0.2, 0.25) is 0 Å². The van der Waals surface area contributed by atoms with Gasteiger partial charge in [-0.2, -0.15) is 0 Å². The van der Waals surface area contributed by atoms with Crippen LogP contribution >= 0.6 is 0 Å². The summed E-state index contributed by atoms with van der Waals surface area (Å²) >= 11 is 0. The van der Waals surface area contributed by atoms with E-state index >= 15 is 0 Å². The van der Waals surface area contributed by atoms with Gasteiger partial charge in [0, 0.05) is 0 Å². The number of rotatable bonds is 2. The molecule has 3 N–H and O–H groups in total. The maximum atomic E-state index is 3.74. The average Bonchev–Trinajstić information content (AvgIpc) is 1.14. The molecule has 0 amide bonds. The van der Waals surface area contributed by atoms with Crippen molar-refractivity contribution >= 4 is 16.5 Å². The first kappa shape index (κ1) is 13.0. The zero-order valence-corrected chi connectivity index (χ0v) is 10.0. The van der Waals surface area contributed by atoms with Crippen LogP contribution in [0, 0.1) is 0 Å². The molecule has 0 bridgehead atoms. The second-order valence-corrected chi connectivity index (χ2v) is 14.6. The SMILES string of the molecule is C[Si](C)(C)N[Si](C)(C)C.O. The van der Waals surface area contributed by atoms with Gasteiger partial charge in [0.15, 0.2) is 0 Å². The highest BCUT2D eigenvalue weighted by Crippen LogP contribution is 2.02. The predicted molar refractivity (Wildman–Crippen MR) is 53.4 cm³/mol. The highest BCUT2D eigenvalue weighted by molar-refractivity contribution is 6.90. The first-order chi connectivity index (χ1) is 3.71. The van der Waals surface area contributed by atoms with E-state index in [-0.39, 0.29) is 5.48 Å². The molecule has 0 aromatic carbocycles. The van der Waals surface area contributed by atoms with Crippen molar-refractivity contribution in [3.63, 3.8) is 0 Å². The smallest absolute Gasteiger partial charge is 0.109 e. The normalized spacial score (nSPS) is 12.6. The van der Waals surface area contributed by atoms with Crippen molar-refractivity contribution in [3.8, 4) is 0 Å². The van der Waals surface area contributed by atoms with Crippen molar-refractivity contribution < 1.29 is 5.48 Å². The molecule has 0 fully saturated rings. The summed E-state index contributed by atoms with van der Waals surface area (Å²) in [5.41, 5.74) is 0. The lowest BCUT2D eigenvalue weighted by atomic mass is 11.8. The van der Waals surface area contributed by atoms with E-state index in [0.717, 1.165) is 0 Å². The predicted octanol–water partition coefficient (Wildman–Crippen LogP) is 1.42. The highest BCUT2D eigenvalue weighted by atomic mass is 28.4. The van der Waals surface area contributed by atoms with E-state index in [1.807, 2.05) is 0 Å². The van der Waals surface area contributed by atoms with Gasteiger partial charge in [-0.15, -0.1) is 0 Å². The minimum Gasteiger partial charge on any atom is -0.412 e. The minimum atomic E-state index is -0.981. The first-order valence-electron chi connectivity index (χ1n) is 3.50. The van der Waals surface area contributed by atoms with Crippen LogP contribution in [0.1, 0.15) is 0 Å². The fourth-order valence-electron chi connectivity index (χ4n) is 1.12. The molecule has 0 atom stereocenters. The van der Waals surface area contributed by atoms with E-state index < -0.39 is 16.5 Å². The van der Waals surface area contributed by atoms with Gasteiger partial charge in [-0.25, -0.2) is 0 Å². The zero-order valence-electron chi connectivity index (χ0n) is 8.00. The van der Waals surface area contributed by atoms with Crippen molar-refractivity contribution in [1.29, 1.82) is 0 Å². The van der Waals surface area contributed by atoms with Crippen LogP contribution in [0.25, 0.3) is 0 Å². The molecule has 0 radical (unpaired) electrons. The average molecular weight is 179 g/mol. The van der Waals surface area contributed by atoms with Crippen LogP contribution in [-0.2, 0) is 0 Å². The van der Waals surface area contributed by atoms with Crippen LogP contribution in [0.15, 0.2) is 0 Å². The van der Waals surface area contributed by atoms with Crippen LogP contribution in [0.3, 0.4) is 0 Å². The molecule has 64 valence electrons. The Bertz CT molecular complexity index is 80.9. The Hall–Kier alpha value is 0.354. The lowest BCUT2D eigenvalue weighted by Crippen LogP contribution is -2.55. The third kappa shape index (κ3) is 11.2. The van der Waals surface area contributed by atoms with E-state index in [0.29, 0.717) is 0 Å². The second kappa shape index (κ2) is 3.66. The van der Waals surface area contributed by atoms with Crippen molar-refractivity contribution in [2.45, 2.75) is 39.3 Å². The quantitative estimate of drug-likeness (QED) is 0.640. The van der Waals surface area contributed by atoms with E-state index in [9.17, 15) is 0 Å². The fraction of sp³-hybridized carbons (Fsp3) is 1.00. The van der Waals surface area contributed by atoms with Crippen LogP contribution in [-0.4, -0.2) is 21.9 Å². The largest absolute Gasteiger partial charge is 0.412 e. The van der Waals surface area contributed by atoms with E-state index in [1.165, 1.54) is 0 Å². The Morgan fingerprint density at radius 3 is 0.900 bits per heavy atom. The Morgan fingerprint density at radius 2 is 0.900 bits per heavy atom. The maximum Gasteiger partial charge on any atom is 0.109 e. The summed E-state index contributed by atoms with van der Waals surface area (Å²) < 4.78 is 3.74. The van der Waals surface area contributed by atoms with Crippen LogP contribution in [0.2, 0.25) is 39.3 Å². The topological polar surface area (TPSA) is 43.5 Å². The molecular weight excluding hydrogens is 158 g/mol.